The van der Waals surface area contributed by atoms with E-state index in [1.807, 2.05) is 0 Å². The van der Waals surface area contributed by atoms with Gasteiger partial charge >= 0.3 is 6.18 Å². The third kappa shape index (κ3) is 3.26. The van der Waals surface area contributed by atoms with Gasteiger partial charge in [-0.3, -0.25) is 4.79 Å². The molecule has 0 unspecified atom stereocenters. The molecule has 0 saturated heterocycles. The fraction of sp³-hybridized carbons (Fsp3) is 0.300. The lowest BCUT2D eigenvalue weighted by atomic mass is 10.1. The highest BCUT2D eigenvalue weighted by atomic mass is 35.5. The Hall–Kier alpha value is -0.940. The number of Topliss-reactive ketones (excluding diaryl/α,β-unsaturated/α-hetero) is 1. The molecule has 0 aliphatic heterocycles. The van der Waals surface area contributed by atoms with Crippen LogP contribution in [0.25, 0.3) is 0 Å². The number of hydrogen-bond donors (Lipinski definition) is 1. The van der Waals surface area contributed by atoms with E-state index < -0.39 is 17.5 Å². The summed E-state index contributed by atoms with van der Waals surface area (Å²) in [6.07, 6.45) is -4.94. The molecule has 0 heterocycles. The zero-order valence-electron chi connectivity index (χ0n) is 8.66. The number of hydrogen-bond acceptors (Lipinski definition) is 2. The van der Waals surface area contributed by atoms with E-state index in [0.29, 0.717) is 12.2 Å². The molecule has 0 fully saturated rings. The summed E-state index contributed by atoms with van der Waals surface area (Å²) >= 11 is 11.5. The van der Waals surface area contributed by atoms with Crippen LogP contribution in [0.15, 0.2) is 12.1 Å². The van der Waals surface area contributed by atoms with Crippen LogP contribution in [0.4, 0.5) is 18.9 Å². The Labute approximate surface area is 106 Å². The molecular formula is C10H8Cl2F3NO. The number of nitrogens with one attached hydrogen (secondary N) is 1. The van der Waals surface area contributed by atoms with Gasteiger partial charge in [0.05, 0.1) is 15.7 Å². The molecule has 94 valence electrons. The van der Waals surface area contributed by atoms with Gasteiger partial charge in [-0.2, -0.15) is 13.2 Å². The lowest BCUT2D eigenvalue weighted by molar-refractivity contribution is -0.0885. The Morgan fingerprint density at radius 2 is 1.76 bits per heavy atom. The number of carbonyl (C=O) groups excluding carboxylic acids is 1. The summed E-state index contributed by atoms with van der Waals surface area (Å²) in [5.74, 6) is -1.97. The van der Waals surface area contributed by atoms with Crippen molar-refractivity contribution in [2.75, 3.05) is 11.9 Å². The lowest BCUT2D eigenvalue weighted by Crippen LogP contribution is -2.22. The summed E-state index contributed by atoms with van der Waals surface area (Å²) in [5, 5.41) is 2.75. The van der Waals surface area contributed by atoms with Crippen LogP contribution in [-0.4, -0.2) is 18.5 Å². The molecule has 0 radical (unpaired) electrons. The summed E-state index contributed by atoms with van der Waals surface area (Å²) in [6, 6.07) is 1.89. The maximum Gasteiger partial charge on any atom is 0.454 e. The Kier molecular flexibility index (Phi) is 4.27. The van der Waals surface area contributed by atoms with Crippen molar-refractivity contribution in [1.29, 1.82) is 0 Å². The predicted molar refractivity (Wildman–Crippen MR) is 61.0 cm³/mol. The van der Waals surface area contributed by atoms with Crippen molar-refractivity contribution in [1.82, 2.24) is 0 Å². The molecule has 0 atom stereocenters. The second kappa shape index (κ2) is 5.14. The van der Waals surface area contributed by atoms with Crippen LogP contribution in [0.3, 0.4) is 0 Å². The molecule has 0 amide bonds. The van der Waals surface area contributed by atoms with Gasteiger partial charge in [0.2, 0.25) is 0 Å². The number of carbonyl (C=O) groups is 1. The molecule has 1 rings (SSSR count). The Balaban J connectivity index is 3.19. The van der Waals surface area contributed by atoms with Crippen LogP contribution in [-0.2, 0) is 0 Å². The van der Waals surface area contributed by atoms with E-state index in [-0.39, 0.29) is 10.0 Å². The highest BCUT2D eigenvalue weighted by Crippen LogP contribution is 2.33. The number of rotatable bonds is 3. The van der Waals surface area contributed by atoms with Crippen molar-refractivity contribution in [3.63, 3.8) is 0 Å². The molecule has 1 N–H and O–H groups in total. The number of alkyl halides is 3. The van der Waals surface area contributed by atoms with Crippen LogP contribution in [0.2, 0.25) is 10.0 Å². The van der Waals surface area contributed by atoms with Crippen molar-refractivity contribution in [3.05, 3.63) is 27.7 Å². The topological polar surface area (TPSA) is 29.1 Å². The van der Waals surface area contributed by atoms with E-state index >= 15 is 0 Å². The normalized spacial score (nSPS) is 11.4. The number of ketones is 1. The molecule has 0 aliphatic rings. The quantitative estimate of drug-likeness (QED) is 0.845. The number of anilines is 1. The summed E-state index contributed by atoms with van der Waals surface area (Å²) in [6.45, 7) is 2.29. The smallest absolute Gasteiger partial charge is 0.383 e. The van der Waals surface area contributed by atoms with Crippen molar-refractivity contribution in [3.8, 4) is 0 Å². The Bertz CT molecular complexity index is 423. The molecule has 0 saturated carbocycles. The van der Waals surface area contributed by atoms with Crippen LogP contribution in [0, 0.1) is 0 Å². The molecule has 1 aromatic rings. The lowest BCUT2D eigenvalue weighted by Gasteiger charge is -2.11. The molecule has 7 heteroatoms. The predicted octanol–water partition coefficient (Wildman–Crippen LogP) is 4.17. The first kappa shape index (κ1) is 14.1. The van der Waals surface area contributed by atoms with Gasteiger partial charge in [0.25, 0.3) is 5.78 Å². The monoisotopic (exact) mass is 285 g/mol. The van der Waals surface area contributed by atoms with Crippen LogP contribution in [0.5, 0.6) is 0 Å². The molecule has 17 heavy (non-hydrogen) atoms. The first-order valence-electron chi connectivity index (χ1n) is 4.61. The maximum atomic E-state index is 12.2. The van der Waals surface area contributed by atoms with E-state index in [1.165, 1.54) is 0 Å². The molecule has 0 spiro atoms. The third-order valence-corrected chi connectivity index (χ3v) is 2.51. The van der Waals surface area contributed by atoms with Gasteiger partial charge in [0, 0.05) is 12.1 Å². The molecule has 2 nitrogen and oxygen atoms in total. The zero-order chi connectivity index (χ0) is 13.2. The molecule has 0 aliphatic carbocycles. The molecular weight excluding hydrogens is 278 g/mol. The van der Waals surface area contributed by atoms with E-state index in [2.05, 4.69) is 5.32 Å². The van der Waals surface area contributed by atoms with E-state index in [0.717, 1.165) is 12.1 Å². The minimum absolute atomic E-state index is 0.0213. The first-order chi connectivity index (χ1) is 7.77. The fourth-order valence-corrected chi connectivity index (χ4v) is 1.83. The van der Waals surface area contributed by atoms with Crippen LogP contribution in [0.1, 0.15) is 17.3 Å². The average molecular weight is 286 g/mol. The van der Waals surface area contributed by atoms with Gasteiger partial charge in [-0.25, -0.2) is 0 Å². The van der Waals surface area contributed by atoms with Gasteiger partial charge in [-0.15, -0.1) is 0 Å². The largest absolute Gasteiger partial charge is 0.454 e. The van der Waals surface area contributed by atoms with Gasteiger partial charge in [0.15, 0.2) is 0 Å². The van der Waals surface area contributed by atoms with Crippen LogP contribution < -0.4 is 5.32 Å². The standard InChI is InChI=1S/C10H8Cl2F3NO/c1-2-16-8-6(11)3-5(4-7(8)12)9(17)10(13,14)15/h3-4,16H,2H2,1H3. The summed E-state index contributed by atoms with van der Waals surface area (Å²) < 4.78 is 36.6. The average Bonchev–Trinajstić information content (AvgIpc) is 2.20. The summed E-state index contributed by atoms with van der Waals surface area (Å²) in [5.41, 5.74) is -0.260. The van der Waals surface area contributed by atoms with E-state index in [4.69, 9.17) is 23.2 Å². The Morgan fingerprint density at radius 3 is 2.12 bits per heavy atom. The minimum atomic E-state index is -4.94. The van der Waals surface area contributed by atoms with Crippen molar-refractivity contribution >= 4 is 34.7 Å². The Morgan fingerprint density at radius 1 is 1.29 bits per heavy atom. The number of benzene rings is 1. The van der Waals surface area contributed by atoms with Crippen molar-refractivity contribution < 1.29 is 18.0 Å². The second-order valence-electron chi connectivity index (χ2n) is 3.17. The summed E-state index contributed by atoms with van der Waals surface area (Å²) in [7, 11) is 0. The number of halogens is 5. The van der Waals surface area contributed by atoms with Crippen molar-refractivity contribution in [2.24, 2.45) is 0 Å². The second-order valence-corrected chi connectivity index (χ2v) is 3.99. The maximum absolute atomic E-state index is 12.2. The van der Waals surface area contributed by atoms with E-state index in [9.17, 15) is 18.0 Å². The molecule has 0 aromatic heterocycles. The molecule has 1 aromatic carbocycles. The minimum Gasteiger partial charge on any atom is -0.383 e. The van der Waals surface area contributed by atoms with Gasteiger partial charge in [-0.1, -0.05) is 23.2 Å². The van der Waals surface area contributed by atoms with Gasteiger partial charge in [0.1, 0.15) is 0 Å². The third-order valence-electron chi connectivity index (χ3n) is 1.92. The van der Waals surface area contributed by atoms with Gasteiger partial charge in [-0.05, 0) is 19.1 Å². The SMILES string of the molecule is CCNc1c(Cl)cc(C(=O)C(F)(F)F)cc1Cl. The van der Waals surface area contributed by atoms with E-state index in [1.54, 1.807) is 6.92 Å². The fourth-order valence-electron chi connectivity index (χ4n) is 1.21. The summed E-state index contributed by atoms with van der Waals surface area (Å²) in [4.78, 5) is 11.0. The highest BCUT2D eigenvalue weighted by molar-refractivity contribution is 6.39. The zero-order valence-corrected chi connectivity index (χ0v) is 10.2. The van der Waals surface area contributed by atoms with Gasteiger partial charge < -0.3 is 5.32 Å². The highest BCUT2D eigenvalue weighted by Gasteiger charge is 2.39. The first-order valence-corrected chi connectivity index (χ1v) is 5.37. The molecule has 0 bridgehead atoms. The van der Waals surface area contributed by atoms with Crippen LogP contribution >= 0.6 is 23.2 Å². The van der Waals surface area contributed by atoms with Crippen molar-refractivity contribution in [2.45, 2.75) is 13.1 Å².